The minimum absolute atomic E-state index is 0.0981. The third-order valence-electron chi connectivity index (χ3n) is 2.38. The standard InChI is InChI=1S/C11H13BrN4O/c1-8(2)16-4-3-9(14-16)6-15-7-13-5-10(12)11(15)17/h3-5,7-8H,6H2,1-2H3. The van der Waals surface area contributed by atoms with Gasteiger partial charge in [0, 0.05) is 18.4 Å². The van der Waals surface area contributed by atoms with E-state index < -0.39 is 0 Å². The molecule has 6 heteroatoms. The molecule has 0 aliphatic heterocycles. The molecule has 0 N–H and O–H groups in total. The monoisotopic (exact) mass is 296 g/mol. The molecular weight excluding hydrogens is 284 g/mol. The molecule has 17 heavy (non-hydrogen) atoms. The van der Waals surface area contributed by atoms with E-state index in [4.69, 9.17) is 0 Å². The van der Waals surface area contributed by atoms with E-state index in [1.807, 2.05) is 16.9 Å². The SMILES string of the molecule is CC(C)n1ccc(Cn2cncc(Br)c2=O)n1. The van der Waals surface area contributed by atoms with Crippen LogP contribution >= 0.6 is 15.9 Å². The molecule has 0 fully saturated rings. The van der Waals surface area contributed by atoms with E-state index in [9.17, 15) is 4.79 Å². The lowest BCUT2D eigenvalue weighted by Crippen LogP contribution is -2.21. The molecule has 90 valence electrons. The third-order valence-corrected chi connectivity index (χ3v) is 2.93. The minimum atomic E-state index is -0.0981. The van der Waals surface area contributed by atoms with Crippen molar-refractivity contribution in [3.8, 4) is 0 Å². The zero-order chi connectivity index (χ0) is 12.4. The van der Waals surface area contributed by atoms with Gasteiger partial charge in [0.25, 0.3) is 5.56 Å². The van der Waals surface area contributed by atoms with Crippen LogP contribution in [0, 0.1) is 0 Å². The Morgan fingerprint density at radius 1 is 1.47 bits per heavy atom. The van der Waals surface area contributed by atoms with Crippen molar-refractivity contribution in [1.29, 1.82) is 0 Å². The van der Waals surface area contributed by atoms with Gasteiger partial charge in [-0.05, 0) is 35.8 Å². The highest BCUT2D eigenvalue weighted by molar-refractivity contribution is 9.10. The van der Waals surface area contributed by atoms with Crippen LogP contribution in [0.1, 0.15) is 25.6 Å². The first-order valence-electron chi connectivity index (χ1n) is 5.32. The number of nitrogens with zero attached hydrogens (tertiary/aromatic N) is 4. The fourth-order valence-corrected chi connectivity index (χ4v) is 1.81. The summed E-state index contributed by atoms with van der Waals surface area (Å²) in [5.74, 6) is 0. The van der Waals surface area contributed by atoms with Gasteiger partial charge < -0.3 is 0 Å². The van der Waals surface area contributed by atoms with Crippen molar-refractivity contribution < 1.29 is 0 Å². The molecule has 0 atom stereocenters. The van der Waals surface area contributed by atoms with Crippen molar-refractivity contribution in [3.63, 3.8) is 0 Å². The molecule has 2 heterocycles. The Labute approximate surface area is 107 Å². The molecule has 0 radical (unpaired) electrons. The Hall–Kier alpha value is -1.43. The van der Waals surface area contributed by atoms with Gasteiger partial charge in [0.05, 0.1) is 18.6 Å². The highest BCUT2D eigenvalue weighted by atomic mass is 79.9. The highest BCUT2D eigenvalue weighted by Gasteiger charge is 2.05. The zero-order valence-electron chi connectivity index (χ0n) is 9.67. The summed E-state index contributed by atoms with van der Waals surface area (Å²) in [7, 11) is 0. The maximum absolute atomic E-state index is 11.8. The van der Waals surface area contributed by atoms with Crippen molar-refractivity contribution in [2.75, 3.05) is 0 Å². The predicted octanol–water partition coefficient (Wildman–Crippen LogP) is 1.83. The number of hydrogen-bond acceptors (Lipinski definition) is 3. The van der Waals surface area contributed by atoms with Crippen LogP contribution < -0.4 is 5.56 Å². The van der Waals surface area contributed by atoms with Gasteiger partial charge in [-0.25, -0.2) is 4.98 Å². The number of rotatable bonds is 3. The van der Waals surface area contributed by atoms with Crippen LogP contribution in [-0.2, 0) is 6.54 Å². The summed E-state index contributed by atoms with van der Waals surface area (Å²) >= 11 is 3.17. The van der Waals surface area contributed by atoms with E-state index >= 15 is 0 Å². The molecule has 2 rings (SSSR count). The maximum atomic E-state index is 11.8. The Balaban J connectivity index is 2.26. The second-order valence-electron chi connectivity index (χ2n) is 4.06. The molecule has 0 spiro atoms. The number of hydrogen-bond donors (Lipinski definition) is 0. The van der Waals surface area contributed by atoms with E-state index in [0.29, 0.717) is 17.1 Å². The van der Waals surface area contributed by atoms with E-state index in [2.05, 4.69) is 39.9 Å². The van der Waals surface area contributed by atoms with Gasteiger partial charge in [-0.15, -0.1) is 0 Å². The van der Waals surface area contributed by atoms with Gasteiger partial charge in [-0.2, -0.15) is 5.10 Å². The quantitative estimate of drug-likeness (QED) is 0.868. The molecule has 0 bridgehead atoms. The van der Waals surface area contributed by atoms with Crippen LogP contribution in [0.3, 0.4) is 0 Å². The predicted molar refractivity (Wildman–Crippen MR) is 67.9 cm³/mol. The topological polar surface area (TPSA) is 52.7 Å². The van der Waals surface area contributed by atoms with Gasteiger partial charge in [-0.1, -0.05) is 0 Å². The molecule has 0 amide bonds. The van der Waals surface area contributed by atoms with Gasteiger partial charge in [-0.3, -0.25) is 14.0 Å². The molecule has 5 nitrogen and oxygen atoms in total. The second-order valence-corrected chi connectivity index (χ2v) is 4.91. The van der Waals surface area contributed by atoms with Gasteiger partial charge in [0.2, 0.25) is 0 Å². The van der Waals surface area contributed by atoms with Crippen molar-refractivity contribution in [3.05, 3.63) is 45.3 Å². The summed E-state index contributed by atoms with van der Waals surface area (Å²) in [4.78, 5) is 15.7. The van der Waals surface area contributed by atoms with E-state index in [1.165, 1.54) is 17.1 Å². The molecule has 2 aromatic heterocycles. The van der Waals surface area contributed by atoms with E-state index in [-0.39, 0.29) is 5.56 Å². The van der Waals surface area contributed by atoms with Gasteiger partial charge in [0.15, 0.2) is 0 Å². The summed E-state index contributed by atoms with van der Waals surface area (Å²) in [6, 6.07) is 2.23. The lowest BCUT2D eigenvalue weighted by Gasteiger charge is -2.05. The third kappa shape index (κ3) is 2.63. The summed E-state index contributed by atoms with van der Waals surface area (Å²) in [6.07, 6.45) is 4.92. The average molecular weight is 297 g/mol. The Morgan fingerprint density at radius 3 is 2.88 bits per heavy atom. The molecule has 0 saturated carbocycles. The van der Waals surface area contributed by atoms with E-state index in [0.717, 1.165) is 5.69 Å². The fourth-order valence-electron chi connectivity index (χ4n) is 1.46. The van der Waals surface area contributed by atoms with Crippen LogP contribution in [0.4, 0.5) is 0 Å². The molecule has 0 unspecified atom stereocenters. The first-order chi connectivity index (χ1) is 8.08. The van der Waals surface area contributed by atoms with Crippen LogP contribution in [0.15, 0.2) is 34.1 Å². The Bertz CT molecular complexity index is 573. The Kier molecular flexibility index (Phi) is 3.42. The van der Waals surface area contributed by atoms with Crippen LogP contribution in [-0.4, -0.2) is 19.3 Å². The Morgan fingerprint density at radius 2 is 2.24 bits per heavy atom. The normalized spacial score (nSPS) is 11.1. The average Bonchev–Trinajstić information content (AvgIpc) is 2.73. The molecule has 0 saturated heterocycles. The summed E-state index contributed by atoms with van der Waals surface area (Å²) < 4.78 is 3.85. The van der Waals surface area contributed by atoms with Crippen molar-refractivity contribution in [2.45, 2.75) is 26.4 Å². The first kappa shape index (κ1) is 12.0. The first-order valence-corrected chi connectivity index (χ1v) is 6.11. The highest BCUT2D eigenvalue weighted by Crippen LogP contribution is 2.05. The molecular formula is C11H13BrN4O. The minimum Gasteiger partial charge on any atom is -0.292 e. The smallest absolute Gasteiger partial charge is 0.267 e. The van der Waals surface area contributed by atoms with Crippen molar-refractivity contribution in [2.24, 2.45) is 0 Å². The van der Waals surface area contributed by atoms with E-state index in [1.54, 1.807) is 0 Å². The molecule has 0 aliphatic carbocycles. The second kappa shape index (κ2) is 4.83. The van der Waals surface area contributed by atoms with Crippen LogP contribution in [0.5, 0.6) is 0 Å². The van der Waals surface area contributed by atoms with Gasteiger partial charge >= 0.3 is 0 Å². The molecule has 0 aromatic carbocycles. The molecule has 2 aromatic rings. The van der Waals surface area contributed by atoms with Crippen LogP contribution in [0.25, 0.3) is 0 Å². The largest absolute Gasteiger partial charge is 0.292 e. The number of aromatic nitrogens is 4. The fraction of sp³-hybridized carbons (Fsp3) is 0.364. The van der Waals surface area contributed by atoms with Gasteiger partial charge in [0.1, 0.15) is 4.47 Å². The van der Waals surface area contributed by atoms with Crippen LogP contribution in [0.2, 0.25) is 0 Å². The maximum Gasteiger partial charge on any atom is 0.267 e. The van der Waals surface area contributed by atoms with Crippen molar-refractivity contribution >= 4 is 15.9 Å². The molecule has 0 aliphatic rings. The summed E-state index contributed by atoms with van der Waals surface area (Å²) in [6.45, 7) is 4.55. The summed E-state index contributed by atoms with van der Waals surface area (Å²) in [5.41, 5.74) is 0.750. The number of halogens is 1. The summed E-state index contributed by atoms with van der Waals surface area (Å²) in [5, 5.41) is 4.39. The lowest BCUT2D eigenvalue weighted by atomic mass is 10.4. The zero-order valence-corrected chi connectivity index (χ0v) is 11.3. The lowest BCUT2D eigenvalue weighted by molar-refractivity contribution is 0.522. The van der Waals surface area contributed by atoms with Crippen molar-refractivity contribution in [1.82, 2.24) is 19.3 Å².